The lowest BCUT2D eigenvalue weighted by Gasteiger charge is -2.06. The highest BCUT2D eigenvalue weighted by Gasteiger charge is 2.30. The standard InChI is InChI=1S/C14H13ClFNS/c15-10-4-3-9(7-11(10)16)12-5-6-13(18-12)14(17)8-1-2-8/h3-8,14H,1-2,17H2. The van der Waals surface area contributed by atoms with Gasteiger partial charge in [-0.3, -0.25) is 0 Å². The van der Waals surface area contributed by atoms with Gasteiger partial charge in [0.15, 0.2) is 0 Å². The number of hydrogen-bond acceptors (Lipinski definition) is 2. The summed E-state index contributed by atoms with van der Waals surface area (Å²) in [6.45, 7) is 0. The summed E-state index contributed by atoms with van der Waals surface area (Å²) in [5.74, 6) is 0.258. The van der Waals surface area contributed by atoms with Gasteiger partial charge in [0, 0.05) is 15.8 Å². The molecule has 2 N–H and O–H groups in total. The Morgan fingerprint density at radius 2 is 2.06 bits per heavy atom. The van der Waals surface area contributed by atoms with Crippen LogP contribution in [0.5, 0.6) is 0 Å². The number of halogens is 2. The van der Waals surface area contributed by atoms with Crippen molar-refractivity contribution in [2.75, 3.05) is 0 Å². The molecule has 1 atom stereocenters. The van der Waals surface area contributed by atoms with Gasteiger partial charge in [-0.2, -0.15) is 0 Å². The molecule has 0 bridgehead atoms. The van der Waals surface area contributed by atoms with Gasteiger partial charge in [0.2, 0.25) is 0 Å². The first-order valence-corrected chi connectivity index (χ1v) is 7.15. The number of rotatable bonds is 3. The average Bonchev–Trinajstić information content (AvgIpc) is 3.09. The van der Waals surface area contributed by atoms with Crippen molar-refractivity contribution in [1.82, 2.24) is 0 Å². The Morgan fingerprint density at radius 3 is 2.72 bits per heavy atom. The van der Waals surface area contributed by atoms with Crippen LogP contribution in [0.15, 0.2) is 30.3 Å². The van der Waals surface area contributed by atoms with Crippen LogP contribution < -0.4 is 5.73 Å². The van der Waals surface area contributed by atoms with Crippen LogP contribution in [-0.2, 0) is 0 Å². The molecule has 1 heterocycles. The highest BCUT2D eigenvalue weighted by molar-refractivity contribution is 7.15. The summed E-state index contributed by atoms with van der Waals surface area (Å²) in [7, 11) is 0. The van der Waals surface area contributed by atoms with E-state index < -0.39 is 0 Å². The summed E-state index contributed by atoms with van der Waals surface area (Å²) in [4.78, 5) is 2.22. The largest absolute Gasteiger partial charge is 0.323 e. The lowest BCUT2D eigenvalue weighted by molar-refractivity contribution is 0.629. The Balaban J connectivity index is 1.89. The molecular formula is C14H13ClFNS. The number of thiophene rings is 1. The van der Waals surface area contributed by atoms with Gasteiger partial charge in [-0.15, -0.1) is 11.3 Å². The zero-order chi connectivity index (χ0) is 12.7. The Hall–Kier alpha value is -0.900. The van der Waals surface area contributed by atoms with E-state index in [4.69, 9.17) is 17.3 Å². The molecule has 2 aromatic rings. The van der Waals surface area contributed by atoms with Gasteiger partial charge in [0.05, 0.1) is 5.02 Å². The summed E-state index contributed by atoms with van der Waals surface area (Å²) in [6.07, 6.45) is 2.45. The van der Waals surface area contributed by atoms with Crippen LogP contribution >= 0.6 is 22.9 Å². The predicted octanol–water partition coefficient (Wildman–Crippen LogP) is 4.62. The fourth-order valence-electron chi connectivity index (χ4n) is 2.02. The molecule has 0 aliphatic heterocycles. The van der Waals surface area contributed by atoms with Crippen molar-refractivity contribution < 1.29 is 4.39 Å². The van der Waals surface area contributed by atoms with Crippen molar-refractivity contribution >= 4 is 22.9 Å². The molecule has 0 radical (unpaired) electrons. The van der Waals surface area contributed by atoms with Gasteiger partial charge in [-0.1, -0.05) is 17.7 Å². The van der Waals surface area contributed by atoms with E-state index in [0.29, 0.717) is 5.92 Å². The molecule has 94 valence electrons. The minimum absolute atomic E-state index is 0.140. The Kier molecular flexibility index (Phi) is 3.14. The first kappa shape index (κ1) is 12.2. The topological polar surface area (TPSA) is 26.0 Å². The summed E-state index contributed by atoms with van der Waals surface area (Å²) in [5, 5.41) is 0.158. The second kappa shape index (κ2) is 4.65. The first-order chi connectivity index (χ1) is 8.65. The van der Waals surface area contributed by atoms with Crippen molar-refractivity contribution in [3.8, 4) is 10.4 Å². The molecule has 1 unspecified atom stereocenters. The maximum Gasteiger partial charge on any atom is 0.142 e. The van der Waals surface area contributed by atoms with Crippen LogP contribution in [0.1, 0.15) is 23.8 Å². The number of benzene rings is 1. The van der Waals surface area contributed by atoms with Crippen molar-refractivity contribution in [3.05, 3.63) is 46.0 Å². The van der Waals surface area contributed by atoms with Gasteiger partial charge in [-0.05, 0) is 48.6 Å². The lowest BCUT2D eigenvalue weighted by Crippen LogP contribution is -2.10. The van der Waals surface area contributed by atoms with Gasteiger partial charge in [-0.25, -0.2) is 4.39 Å². The van der Waals surface area contributed by atoms with Crippen LogP contribution in [0.3, 0.4) is 0 Å². The molecule has 1 nitrogen and oxygen atoms in total. The van der Waals surface area contributed by atoms with Crippen molar-refractivity contribution in [2.45, 2.75) is 18.9 Å². The van der Waals surface area contributed by atoms with Gasteiger partial charge in [0.1, 0.15) is 5.82 Å². The van der Waals surface area contributed by atoms with Crippen LogP contribution in [0.25, 0.3) is 10.4 Å². The van der Waals surface area contributed by atoms with Gasteiger partial charge in [0.25, 0.3) is 0 Å². The molecule has 1 aliphatic carbocycles. The summed E-state index contributed by atoms with van der Waals surface area (Å²) in [5.41, 5.74) is 7.02. The van der Waals surface area contributed by atoms with E-state index in [9.17, 15) is 4.39 Å². The Bertz CT molecular complexity index is 577. The lowest BCUT2D eigenvalue weighted by atomic mass is 10.1. The van der Waals surface area contributed by atoms with Crippen LogP contribution in [0.2, 0.25) is 5.02 Å². The third-order valence-electron chi connectivity index (χ3n) is 3.29. The maximum absolute atomic E-state index is 13.4. The molecular weight excluding hydrogens is 269 g/mol. The molecule has 1 aromatic heterocycles. The van der Waals surface area contributed by atoms with E-state index in [1.165, 1.54) is 23.8 Å². The molecule has 0 saturated heterocycles. The number of nitrogens with two attached hydrogens (primary N) is 1. The Labute approximate surface area is 114 Å². The maximum atomic E-state index is 13.4. The van der Waals surface area contributed by atoms with Crippen molar-refractivity contribution in [3.63, 3.8) is 0 Å². The smallest absolute Gasteiger partial charge is 0.142 e. The van der Waals surface area contributed by atoms with E-state index >= 15 is 0 Å². The predicted molar refractivity (Wildman–Crippen MR) is 74.4 cm³/mol. The molecule has 0 amide bonds. The fraction of sp³-hybridized carbons (Fsp3) is 0.286. The zero-order valence-corrected chi connectivity index (χ0v) is 11.3. The minimum Gasteiger partial charge on any atom is -0.323 e. The molecule has 1 fully saturated rings. The van der Waals surface area contributed by atoms with Crippen LogP contribution in [-0.4, -0.2) is 0 Å². The zero-order valence-electron chi connectivity index (χ0n) is 9.70. The third-order valence-corrected chi connectivity index (χ3v) is 4.83. The van der Waals surface area contributed by atoms with Crippen molar-refractivity contribution in [2.24, 2.45) is 11.7 Å². The second-order valence-corrected chi connectivity index (χ2v) is 6.22. The SMILES string of the molecule is NC(c1ccc(-c2ccc(Cl)c(F)c2)s1)C1CC1. The van der Waals surface area contributed by atoms with Crippen LogP contribution in [0.4, 0.5) is 4.39 Å². The molecule has 3 rings (SSSR count). The molecule has 1 aromatic carbocycles. The van der Waals surface area contributed by atoms with Gasteiger partial charge < -0.3 is 5.73 Å². The monoisotopic (exact) mass is 281 g/mol. The molecule has 1 saturated carbocycles. The van der Waals surface area contributed by atoms with Crippen molar-refractivity contribution in [1.29, 1.82) is 0 Å². The van der Waals surface area contributed by atoms with Gasteiger partial charge >= 0.3 is 0 Å². The minimum atomic E-state index is -0.379. The molecule has 4 heteroatoms. The van der Waals surface area contributed by atoms with E-state index in [2.05, 4.69) is 6.07 Å². The van der Waals surface area contributed by atoms with E-state index in [1.807, 2.05) is 12.1 Å². The van der Waals surface area contributed by atoms with E-state index in [1.54, 1.807) is 17.4 Å². The number of hydrogen-bond donors (Lipinski definition) is 1. The highest BCUT2D eigenvalue weighted by Crippen LogP contribution is 2.42. The molecule has 1 aliphatic rings. The second-order valence-electron chi connectivity index (χ2n) is 4.69. The first-order valence-electron chi connectivity index (χ1n) is 5.96. The summed E-state index contributed by atoms with van der Waals surface area (Å²) >= 11 is 7.32. The average molecular weight is 282 g/mol. The Morgan fingerprint density at radius 1 is 1.28 bits per heavy atom. The normalized spacial score (nSPS) is 16.8. The highest BCUT2D eigenvalue weighted by atomic mass is 35.5. The van der Waals surface area contributed by atoms with E-state index in [0.717, 1.165) is 10.4 Å². The third kappa shape index (κ3) is 2.30. The molecule has 0 spiro atoms. The summed E-state index contributed by atoms with van der Waals surface area (Å²) < 4.78 is 13.4. The molecule has 18 heavy (non-hydrogen) atoms. The quantitative estimate of drug-likeness (QED) is 0.873. The fourth-order valence-corrected chi connectivity index (χ4v) is 3.24. The van der Waals surface area contributed by atoms with Crippen LogP contribution in [0, 0.1) is 11.7 Å². The van der Waals surface area contributed by atoms with E-state index in [-0.39, 0.29) is 16.9 Å². The summed E-state index contributed by atoms with van der Waals surface area (Å²) in [6, 6.07) is 9.10.